The van der Waals surface area contributed by atoms with Crippen molar-refractivity contribution in [2.24, 2.45) is 0 Å². The van der Waals surface area contributed by atoms with Crippen molar-refractivity contribution in [3.63, 3.8) is 0 Å². The van der Waals surface area contributed by atoms with Gasteiger partial charge in [-0.15, -0.1) is 0 Å². The second-order valence-corrected chi connectivity index (χ2v) is 9.33. The summed E-state index contributed by atoms with van der Waals surface area (Å²) in [6, 6.07) is 31.1. The molecule has 0 radical (unpaired) electrons. The zero-order valence-corrected chi connectivity index (χ0v) is 21.2. The zero-order valence-electron chi connectivity index (χ0n) is 20.5. The number of benzene rings is 4. The smallest absolute Gasteiger partial charge is 0.243 e. The number of aryl methyl sites for hydroxylation is 1. The Balaban J connectivity index is 1.63. The van der Waals surface area contributed by atoms with Gasteiger partial charge in [0.25, 0.3) is 0 Å². The molecular weight excluding hydrogens is 468 g/mol. The van der Waals surface area contributed by atoms with Crippen LogP contribution < -0.4 is 5.32 Å². The summed E-state index contributed by atoms with van der Waals surface area (Å²) >= 11 is 6.24. The third kappa shape index (κ3) is 6.52. The molecule has 0 fully saturated rings. The van der Waals surface area contributed by atoms with E-state index in [0.717, 1.165) is 27.5 Å². The Hall–Kier alpha value is -3.63. The first-order valence-corrected chi connectivity index (χ1v) is 12.7. The normalized spacial score (nSPS) is 11.7. The van der Waals surface area contributed by atoms with Gasteiger partial charge in [-0.1, -0.05) is 96.5 Å². The van der Waals surface area contributed by atoms with Crippen molar-refractivity contribution in [1.29, 1.82) is 0 Å². The number of fused-ring (bicyclic) bond motifs is 1. The van der Waals surface area contributed by atoms with Gasteiger partial charge < -0.3 is 10.2 Å². The fourth-order valence-electron chi connectivity index (χ4n) is 4.57. The summed E-state index contributed by atoms with van der Waals surface area (Å²) in [6.07, 6.45) is 1.34. The van der Waals surface area contributed by atoms with Crippen LogP contribution in [0.1, 0.15) is 30.0 Å². The summed E-state index contributed by atoms with van der Waals surface area (Å²) in [4.78, 5) is 28.8. The number of hydrogen-bond acceptors (Lipinski definition) is 2. The molecule has 0 aromatic heterocycles. The minimum Gasteiger partial charge on any atom is -0.355 e. The monoisotopic (exact) mass is 498 g/mol. The highest BCUT2D eigenvalue weighted by Crippen LogP contribution is 2.22. The molecule has 0 spiro atoms. The maximum atomic E-state index is 13.8. The highest BCUT2D eigenvalue weighted by Gasteiger charge is 2.30. The molecular formula is C31H31ClN2O2. The Labute approximate surface area is 217 Å². The number of nitrogens with zero attached hydrogens (tertiary/aromatic N) is 1. The van der Waals surface area contributed by atoms with Gasteiger partial charge in [-0.05, 0) is 52.9 Å². The van der Waals surface area contributed by atoms with E-state index in [1.54, 1.807) is 4.90 Å². The van der Waals surface area contributed by atoms with Gasteiger partial charge in [-0.25, -0.2) is 0 Å². The van der Waals surface area contributed by atoms with Crippen molar-refractivity contribution >= 4 is 34.2 Å². The number of amides is 2. The fourth-order valence-corrected chi connectivity index (χ4v) is 4.79. The van der Waals surface area contributed by atoms with Crippen molar-refractivity contribution in [1.82, 2.24) is 10.2 Å². The maximum Gasteiger partial charge on any atom is 0.243 e. The van der Waals surface area contributed by atoms with Crippen molar-refractivity contribution in [3.8, 4) is 0 Å². The largest absolute Gasteiger partial charge is 0.355 e. The van der Waals surface area contributed by atoms with Crippen molar-refractivity contribution in [2.45, 2.75) is 38.8 Å². The molecule has 4 aromatic carbocycles. The third-order valence-corrected chi connectivity index (χ3v) is 6.59. The van der Waals surface area contributed by atoms with Gasteiger partial charge in [-0.2, -0.15) is 0 Å². The molecule has 0 aliphatic carbocycles. The standard InChI is InChI=1S/C31H31ClN2O2/c1-2-33-31(36)29(21-23-10-4-3-5-11-23)34(22-24-12-8-16-27(32)20-24)30(35)19-18-26-15-9-14-25-13-6-7-17-28(25)26/h3-17,20,29H,2,18-19,21-22H2,1H3,(H,33,36)/t29-/m0/s1. The lowest BCUT2D eigenvalue weighted by atomic mass is 9.99. The second-order valence-electron chi connectivity index (χ2n) is 8.89. The number of rotatable bonds is 10. The van der Waals surface area contributed by atoms with Gasteiger partial charge in [0.05, 0.1) is 0 Å². The Bertz CT molecular complexity index is 1320. The quantitative estimate of drug-likeness (QED) is 0.283. The second kappa shape index (κ2) is 12.4. The molecule has 1 atom stereocenters. The van der Waals surface area contributed by atoms with Crippen molar-refractivity contribution < 1.29 is 9.59 Å². The molecule has 36 heavy (non-hydrogen) atoms. The number of halogens is 1. The van der Waals surface area contributed by atoms with Gasteiger partial charge in [0.1, 0.15) is 6.04 Å². The first kappa shape index (κ1) is 25.5. The molecule has 4 aromatic rings. The van der Waals surface area contributed by atoms with Crippen LogP contribution in [0.15, 0.2) is 97.1 Å². The van der Waals surface area contributed by atoms with E-state index in [2.05, 4.69) is 29.6 Å². The fraction of sp³-hybridized carbons (Fsp3) is 0.226. The number of likely N-dealkylation sites (N-methyl/N-ethyl adjacent to an activating group) is 1. The first-order chi connectivity index (χ1) is 17.5. The maximum absolute atomic E-state index is 13.8. The summed E-state index contributed by atoms with van der Waals surface area (Å²) in [5, 5.41) is 5.85. The average molecular weight is 499 g/mol. The van der Waals surface area contributed by atoms with E-state index in [-0.39, 0.29) is 11.8 Å². The number of carbonyl (C=O) groups excluding carboxylic acids is 2. The average Bonchev–Trinajstić information content (AvgIpc) is 2.90. The third-order valence-electron chi connectivity index (χ3n) is 6.35. The van der Waals surface area contributed by atoms with Crippen LogP contribution in [0.3, 0.4) is 0 Å². The van der Waals surface area contributed by atoms with Crippen LogP contribution >= 0.6 is 11.6 Å². The van der Waals surface area contributed by atoms with Crippen LogP contribution in [-0.4, -0.2) is 29.3 Å². The summed E-state index contributed by atoms with van der Waals surface area (Å²) in [6.45, 7) is 2.70. The molecule has 5 heteroatoms. The van der Waals surface area contributed by atoms with E-state index < -0.39 is 6.04 Å². The Morgan fingerprint density at radius 1 is 0.861 bits per heavy atom. The van der Waals surface area contributed by atoms with Crippen LogP contribution in [0, 0.1) is 0 Å². The van der Waals surface area contributed by atoms with E-state index in [9.17, 15) is 9.59 Å². The van der Waals surface area contributed by atoms with Crippen molar-refractivity contribution in [2.75, 3.05) is 6.54 Å². The van der Waals surface area contributed by atoms with E-state index >= 15 is 0 Å². The summed E-state index contributed by atoms with van der Waals surface area (Å²) in [5.74, 6) is -0.211. The first-order valence-electron chi connectivity index (χ1n) is 12.4. The molecule has 0 aliphatic heterocycles. The van der Waals surface area contributed by atoms with Gasteiger partial charge in [0, 0.05) is 31.0 Å². The molecule has 4 nitrogen and oxygen atoms in total. The van der Waals surface area contributed by atoms with Gasteiger partial charge in [-0.3, -0.25) is 9.59 Å². The van der Waals surface area contributed by atoms with Crippen LogP contribution in [0.2, 0.25) is 5.02 Å². The molecule has 4 rings (SSSR count). The van der Waals surface area contributed by atoms with Crippen LogP contribution in [0.5, 0.6) is 0 Å². The molecule has 0 unspecified atom stereocenters. The summed E-state index contributed by atoms with van der Waals surface area (Å²) < 4.78 is 0. The predicted octanol–water partition coefficient (Wildman–Crippen LogP) is 6.20. The number of nitrogens with one attached hydrogen (secondary N) is 1. The Morgan fingerprint density at radius 3 is 2.33 bits per heavy atom. The van der Waals surface area contributed by atoms with E-state index in [4.69, 9.17) is 11.6 Å². The molecule has 184 valence electrons. The number of carbonyl (C=O) groups is 2. The van der Waals surface area contributed by atoms with Crippen molar-refractivity contribution in [3.05, 3.63) is 119 Å². The SMILES string of the molecule is CCNC(=O)[C@H](Cc1ccccc1)N(Cc1cccc(Cl)c1)C(=O)CCc1cccc2ccccc12. The molecule has 0 saturated carbocycles. The lowest BCUT2D eigenvalue weighted by Gasteiger charge is -2.31. The van der Waals surface area contributed by atoms with Crippen LogP contribution in [0.25, 0.3) is 10.8 Å². The molecule has 2 amide bonds. The molecule has 0 heterocycles. The lowest BCUT2D eigenvalue weighted by molar-refractivity contribution is -0.141. The number of hydrogen-bond donors (Lipinski definition) is 1. The zero-order chi connectivity index (χ0) is 25.3. The molecule has 0 saturated heterocycles. The highest BCUT2D eigenvalue weighted by molar-refractivity contribution is 6.30. The predicted molar refractivity (Wildman–Crippen MR) is 147 cm³/mol. The summed E-state index contributed by atoms with van der Waals surface area (Å²) in [5.41, 5.74) is 3.02. The molecule has 0 aliphatic rings. The van der Waals surface area contributed by atoms with Crippen LogP contribution in [-0.2, 0) is 29.0 Å². The Kier molecular flexibility index (Phi) is 8.75. The Morgan fingerprint density at radius 2 is 1.56 bits per heavy atom. The minimum absolute atomic E-state index is 0.0601. The van der Waals surface area contributed by atoms with Gasteiger partial charge >= 0.3 is 0 Å². The summed E-state index contributed by atoms with van der Waals surface area (Å²) in [7, 11) is 0. The van der Waals surface area contributed by atoms with E-state index in [1.165, 1.54) is 0 Å². The highest BCUT2D eigenvalue weighted by atomic mass is 35.5. The van der Waals surface area contributed by atoms with E-state index in [0.29, 0.717) is 37.4 Å². The van der Waals surface area contributed by atoms with E-state index in [1.807, 2.05) is 79.7 Å². The molecule has 0 bridgehead atoms. The lowest BCUT2D eigenvalue weighted by Crippen LogP contribution is -2.50. The molecule has 1 N–H and O–H groups in total. The topological polar surface area (TPSA) is 49.4 Å². The van der Waals surface area contributed by atoms with Gasteiger partial charge in [0.15, 0.2) is 0 Å². The van der Waals surface area contributed by atoms with Crippen LogP contribution in [0.4, 0.5) is 0 Å². The van der Waals surface area contributed by atoms with Gasteiger partial charge in [0.2, 0.25) is 11.8 Å². The minimum atomic E-state index is -0.633.